The van der Waals surface area contributed by atoms with Crippen molar-refractivity contribution in [1.29, 1.82) is 0 Å². The van der Waals surface area contributed by atoms with Crippen LogP contribution in [-0.2, 0) is 0 Å². The second-order valence-corrected chi connectivity index (χ2v) is 13.1. The van der Waals surface area contributed by atoms with Gasteiger partial charge in [-0.3, -0.25) is 4.99 Å². The van der Waals surface area contributed by atoms with E-state index in [1.165, 1.54) is 32.7 Å². The minimum atomic E-state index is -0.112. The van der Waals surface area contributed by atoms with Crippen molar-refractivity contribution in [2.45, 2.75) is 12.5 Å². The highest BCUT2D eigenvalue weighted by atomic mass is 16.3. The van der Waals surface area contributed by atoms with Crippen LogP contribution in [0.2, 0.25) is 0 Å². The average Bonchev–Trinajstić information content (AvgIpc) is 3.66. The molecule has 51 heavy (non-hydrogen) atoms. The predicted molar refractivity (Wildman–Crippen MR) is 211 cm³/mol. The summed E-state index contributed by atoms with van der Waals surface area (Å²) in [6, 6.07) is 59.5. The molecule has 0 spiro atoms. The monoisotopic (exact) mass is 653 g/mol. The highest BCUT2D eigenvalue weighted by Gasteiger charge is 2.23. The Kier molecular flexibility index (Phi) is 6.91. The van der Waals surface area contributed by atoms with Gasteiger partial charge in [0.25, 0.3) is 0 Å². The summed E-state index contributed by atoms with van der Waals surface area (Å²) in [5.41, 5.74) is 9.14. The second-order valence-electron chi connectivity index (χ2n) is 13.1. The van der Waals surface area contributed by atoms with Gasteiger partial charge in [-0.1, -0.05) is 146 Å². The molecule has 1 unspecified atom stereocenters. The maximum Gasteiger partial charge on any atom is 0.227 e. The number of aliphatic imine (C=N–C) groups is 2. The summed E-state index contributed by atoms with van der Waals surface area (Å²) < 4.78 is 6.42. The van der Waals surface area contributed by atoms with Gasteiger partial charge in [0.2, 0.25) is 5.89 Å². The molecule has 8 aromatic carbocycles. The Labute approximate surface area is 295 Å². The number of aromatic nitrogens is 1. The quantitative estimate of drug-likeness (QED) is 0.174. The van der Waals surface area contributed by atoms with Gasteiger partial charge in [-0.05, 0) is 73.5 Å². The van der Waals surface area contributed by atoms with Gasteiger partial charge in [0.05, 0.1) is 11.8 Å². The summed E-state index contributed by atoms with van der Waals surface area (Å²) in [7, 11) is 0. The first kappa shape index (κ1) is 29.3. The molecule has 0 radical (unpaired) electrons. The van der Waals surface area contributed by atoms with Crippen molar-refractivity contribution in [3.63, 3.8) is 0 Å². The molecular formula is C47H31N3O. The van der Waals surface area contributed by atoms with Crippen molar-refractivity contribution in [1.82, 2.24) is 4.98 Å². The van der Waals surface area contributed by atoms with Gasteiger partial charge in [-0.2, -0.15) is 0 Å². The lowest BCUT2D eigenvalue weighted by molar-refractivity contribution is 0.623. The number of amidine groups is 1. The topological polar surface area (TPSA) is 50.8 Å². The maximum absolute atomic E-state index is 6.42. The Morgan fingerprint density at radius 3 is 2.08 bits per heavy atom. The van der Waals surface area contributed by atoms with Crippen LogP contribution in [0, 0.1) is 0 Å². The number of nitrogens with zero attached hydrogens (tertiary/aromatic N) is 3. The number of oxazole rings is 1. The number of fused-ring (bicyclic) bond motifs is 6. The van der Waals surface area contributed by atoms with E-state index in [0.717, 1.165) is 49.8 Å². The summed E-state index contributed by atoms with van der Waals surface area (Å²) in [5, 5.41) is 7.20. The fraction of sp³-hybridized carbons (Fsp3) is 0.0426. The molecule has 240 valence electrons. The molecule has 0 fully saturated rings. The van der Waals surface area contributed by atoms with E-state index in [9.17, 15) is 0 Å². The smallest absolute Gasteiger partial charge is 0.227 e. The van der Waals surface area contributed by atoms with Crippen LogP contribution in [0.3, 0.4) is 0 Å². The Balaban J connectivity index is 1.08. The minimum absolute atomic E-state index is 0.112. The molecule has 0 saturated carbocycles. The first-order valence-electron chi connectivity index (χ1n) is 17.4. The van der Waals surface area contributed by atoms with Gasteiger partial charge in [-0.15, -0.1) is 0 Å². The van der Waals surface area contributed by atoms with E-state index in [1.807, 2.05) is 36.4 Å². The molecule has 4 heteroatoms. The molecule has 4 nitrogen and oxygen atoms in total. The Hall–Kier alpha value is -6.65. The van der Waals surface area contributed by atoms with Gasteiger partial charge >= 0.3 is 0 Å². The first-order chi connectivity index (χ1) is 25.2. The van der Waals surface area contributed by atoms with Crippen LogP contribution >= 0.6 is 0 Å². The summed E-state index contributed by atoms with van der Waals surface area (Å²) in [6.07, 6.45) is 0.702. The standard InChI is InChI=1S/C47H31N3O/c1-2-13-32(14-3-1)42-29-43(35-17-8-16-34(27-35)39-22-10-15-33-24-23-30-11-4-6-20-38(30)44(33)39)49-46(48-42)36-18-9-19-37(28-36)47-50-41-26-25-31-12-5-7-21-40(31)45(41)51-47/h1-28,43H,29H2. The summed E-state index contributed by atoms with van der Waals surface area (Å²) in [5.74, 6) is 1.29. The molecule has 2 heterocycles. The van der Waals surface area contributed by atoms with Crippen molar-refractivity contribution >= 4 is 55.0 Å². The van der Waals surface area contributed by atoms with Crippen LogP contribution in [0.4, 0.5) is 0 Å². The largest absolute Gasteiger partial charge is 0.435 e. The van der Waals surface area contributed by atoms with Gasteiger partial charge in [0, 0.05) is 22.9 Å². The average molecular weight is 654 g/mol. The zero-order valence-corrected chi connectivity index (χ0v) is 27.7. The Bertz CT molecular complexity index is 2850. The summed E-state index contributed by atoms with van der Waals surface area (Å²) >= 11 is 0. The van der Waals surface area contributed by atoms with E-state index in [1.54, 1.807) is 0 Å². The number of benzene rings is 8. The zero-order chi connectivity index (χ0) is 33.7. The van der Waals surface area contributed by atoms with E-state index in [-0.39, 0.29) is 6.04 Å². The lowest BCUT2D eigenvalue weighted by Crippen LogP contribution is -2.17. The molecule has 9 aromatic rings. The molecule has 1 aliphatic heterocycles. The van der Waals surface area contributed by atoms with Crippen LogP contribution in [0.15, 0.2) is 184 Å². The third kappa shape index (κ3) is 5.20. The van der Waals surface area contributed by atoms with E-state index < -0.39 is 0 Å². The minimum Gasteiger partial charge on any atom is -0.435 e. The Morgan fingerprint density at radius 2 is 1.18 bits per heavy atom. The summed E-state index contributed by atoms with van der Waals surface area (Å²) in [6.45, 7) is 0. The lowest BCUT2D eigenvalue weighted by Gasteiger charge is -2.22. The summed E-state index contributed by atoms with van der Waals surface area (Å²) in [4.78, 5) is 15.4. The number of hydrogen-bond donors (Lipinski definition) is 0. The Morgan fingerprint density at radius 1 is 0.510 bits per heavy atom. The molecule has 0 aliphatic carbocycles. The van der Waals surface area contributed by atoms with Crippen LogP contribution < -0.4 is 0 Å². The van der Waals surface area contributed by atoms with E-state index in [2.05, 4.69) is 133 Å². The molecule has 0 N–H and O–H groups in total. The lowest BCUT2D eigenvalue weighted by atomic mass is 9.90. The van der Waals surface area contributed by atoms with Gasteiger partial charge in [0.1, 0.15) is 5.52 Å². The van der Waals surface area contributed by atoms with Crippen molar-refractivity contribution in [2.24, 2.45) is 9.98 Å². The zero-order valence-electron chi connectivity index (χ0n) is 27.7. The normalized spacial score (nSPS) is 14.6. The third-order valence-electron chi connectivity index (χ3n) is 10.0. The van der Waals surface area contributed by atoms with Crippen LogP contribution in [0.1, 0.15) is 29.2 Å². The molecular weight excluding hydrogens is 623 g/mol. The number of hydrogen-bond acceptors (Lipinski definition) is 4. The SMILES string of the molecule is c1ccc(C2=NC(c3cccc(-c4nc5ccc6ccccc6c5o4)c3)=NC(c3cccc(-c4cccc5ccc6ccccc6c45)c3)C2)cc1. The van der Waals surface area contributed by atoms with E-state index >= 15 is 0 Å². The van der Waals surface area contributed by atoms with Crippen molar-refractivity contribution in [3.05, 3.63) is 187 Å². The van der Waals surface area contributed by atoms with Gasteiger partial charge in [-0.25, -0.2) is 9.98 Å². The maximum atomic E-state index is 6.42. The second kappa shape index (κ2) is 12.0. The van der Waals surface area contributed by atoms with Crippen molar-refractivity contribution < 1.29 is 4.42 Å². The number of rotatable bonds is 5. The predicted octanol–water partition coefficient (Wildman–Crippen LogP) is 12.0. The van der Waals surface area contributed by atoms with Crippen LogP contribution in [0.5, 0.6) is 0 Å². The highest BCUT2D eigenvalue weighted by molar-refractivity contribution is 6.15. The fourth-order valence-electron chi connectivity index (χ4n) is 7.51. The van der Waals surface area contributed by atoms with E-state index in [0.29, 0.717) is 18.1 Å². The van der Waals surface area contributed by atoms with Crippen molar-refractivity contribution in [3.8, 4) is 22.6 Å². The van der Waals surface area contributed by atoms with E-state index in [4.69, 9.17) is 19.4 Å². The van der Waals surface area contributed by atoms with Crippen molar-refractivity contribution in [2.75, 3.05) is 0 Å². The highest BCUT2D eigenvalue weighted by Crippen LogP contribution is 2.37. The molecule has 1 atom stereocenters. The molecule has 10 rings (SSSR count). The van der Waals surface area contributed by atoms with Gasteiger partial charge < -0.3 is 4.42 Å². The van der Waals surface area contributed by atoms with Gasteiger partial charge in [0.15, 0.2) is 11.4 Å². The molecule has 0 bridgehead atoms. The fourth-order valence-corrected chi connectivity index (χ4v) is 7.51. The van der Waals surface area contributed by atoms with Crippen LogP contribution in [0.25, 0.3) is 66.0 Å². The van der Waals surface area contributed by atoms with Crippen LogP contribution in [-0.4, -0.2) is 16.5 Å². The molecule has 0 saturated heterocycles. The third-order valence-corrected chi connectivity index (χ3v) is 10.0. The molecule has 0 amide bonds. The molecule has 1 aliphatic rings. The molecule has 1 aromatic heterocycles. The first-order valence-corrected chi connectivity index (χ1v) is 17.4.